The van der Waals surface area contributed by atoms with Crippen LogP contribution in [-0.2, 0) is 16.9 Å². The first kappa shape index (κ1) is 18.9. The molecule has 0 spiro atoms. The van der Waals surface area contributed by atoms with Crippen LogP contribution in [0.3, 0.4) is 0 Å². The third-order valence-electron chi connectivity index (χ3n) is 5.46. The van der Waals surface area contributed by atoms with Gasteiger partial charge in [-0.1, -0.05) is 12.1 Å². The molecule has 1 saturated carbocycles. The normalized spacial score (nSPS) is 18.8. The highest BCUT2D eigenvalue weighted by atomic mass is 32.2. The number of aromatic nitrogens is 7. The van der Waals surface area contributed by atoms with Crippen LogP contribution in [0.5, 0.6) is 0 Å². The Morgan fingerprint density at radius 1 is 1.03 bits per heavy atom. The van der Waals surface area contributed by atoms with Gasteiger partial charge < -0.3 is 4.57 Å². The molecule has 30 heavy (non-hydrogen) atoms. The molecule has 1 aliphatic rings. The summed E-state index contributed by atoms with van der Waals surface area (Å²) in [6.45, 7) is 3.59. The fourth-order valence-electron chi connectivity index (χ4n) is 3.94. The first-order valence-electron chi connectivity index (χ1n) is 9.63. The Hall–Kier alpha value is -3.14. The van der Waals surface area contributed by atoms with Gasteiger partial charge in [-0.05, 0) is 32.4 Å². The number of imidazole rings is 1. The first-order valence-corrected chi connectivity index (χ1v) is 11.5. The second-order valence-electron chi connectivity index (χ2n) is 7.79. The zero-order valence-corrected chi connectivity index (χ0v) is 17.9. The van der Waals surface area contributed by atoms with E-state index in [2.05, 4.69) is 24.6 Å². The lowest BCUT2D eigenvalue weighted by molar-refractivity contribution is 0.589. The minimum absolute atomic E-state index is 0.0766. The number of hydrogen-bond acceptors (Lipinski definition) is 7. The molecule has 3 heterocycles. The van der Waals surface area contributed by atoms with Gasteiger partial charge in [0, 0.05) is 31.2 Å². The van der Waals surface area contributed by atoms with Crippen molar-refractivity contribution < 1.29 is 8.42 Å². The van der Waals surface area contributed by atoms with E-state index in [1.54, 1.807) is 18.5 Å². The van der Waals surface area contributed by atoms with Crippen molar-refractivity contribution in [3.05, 3.63) is 53.5 Å². The van der Waals surface area contributed by atoms with Crippen molar-refractivity contribution in [1.29, 1.82) is 0 Å². The monoisotopic (exact) mass is 423 g/mol. The largest absolute Gasteiger partial charge is 0.331 e. The maximum absolute atomic E-state index is 12.2. The van der Waals surface area contributed by atoms with E-state index in [0.717, 1.165) is 29.5 Å². The maximum atomic E-state index is 12.2. The molecule has 3 aromatic heterocycles. The number of benzene rings is 1. The van der Waals surface area contributed by atoms with E-state index in [1.165, 1.54) is 0 Å². The zero-order chi connectivity index (χ0) is 21.2. The molecule has 0 saturated heterocycles. The predicted molar refractivity (Wildman–Crippen MR) is 110 cm³/mol. The molecule has 154 valence electrons. The van der Waals surface area contributed by atoms with Crippen LogP contribution in [-0.4, -0.2) is 49.0 Å². The van der Waals surface area contributed by atoms with Gasteiger partial charge in [-0.3, -0.25) is 0 Å². The third kappa shape index (κ3) is 3.07. The van der Waals surface area contributed by atoms with Gasteiger partial charge in [0.05, 0.1) is 16.7 Å². The Bertz CT molecular complexity index is 1400. The minimum atomic E-state index is -3.58. The van der Waals surface area contributed by atoms with E-state index in [1.807, 2.05) is 37.4 Å². The highest BCUT2D eigenvalue weighted by Crippen LogP contribution is 2.54. The van der Waals surface area contributed by atoms with Crippen molar-refractivity contribution in [1.82, 2.24) is 34.3 Å². The van der Waals surface area contributed by atoms with Crippen LogP contribution in [0.4, 0.5) is 0 Å². The van der Waals surface area contributed by atoms with Gasteiger partial charge in [-0.2, -0.15) is 9.67 Å². The molecular formula is C20H21N7O2S. The smallest absolute Gasteiger partial charge is 0.249 e. The van der Waals surface area contributed by atoms with E-state index in [0.29, 0.717) is 23.2 Å². The minimum Gasteiger partial charge on any atom is -0.331 e. The summed E-state index contributed by atoms with van der Waals surface area (Å²) >= 11 is 0. The van der Waals surface area contributed by atoms with Crippen LogP contribution in [0.1, 0.15) is 41.4 Å². The molecule has 0 radical (unpaired) electrons. The van der Waals surface area contributed by atoms with Crippen LogP contribution in [0.15, 0.2) is 35.5 Å². The van der Waals surface area contributed by atoms with Crippen molar-refractivity contribution in [2.24, 2.45) is 7.05 Å². The lowest BCUT2D eigenvalue weighted by atomic mass is 10.2. The highest BCUT2D eigenvalue weighted by molar-refractivity contribution is 7.90. The predicted octanol–water partition coefficient (Wildman–Crippen LogP) is 2.24. The Balaban J connectivity index is 1.58. The van der Waals surface area contributed by atoms with Crippen LogP contribution in [0, 0.1) is 13.8 Å². The summed E-state index contributed by atoms with van der Waals surface area (Å²) in [6.07, 6.45) is 1.97. The fraction of sp³-hybridized carbons (Fsp3) is 0.350. The average Bonchev–Trinajstić information content (AvgIpc) is 3.32. The molecule has 1 aromatic carbocycles. The number of nitrogens with zero attached hydrogens (tertiary/aromatic N) is 7. The number of sulfone groups is 1. The lowest BCUT2D eigenvalue weighted by Crippen LogP contribution is -2.12. The van der Waals surface area contributed by atoms with E-state index < -0.39 is 9.84 Å². The van der Waals surface area contributed by atoms with Crippen molar-refractivity contribution in [3.63, 3.8) is 0 Å². The quantitative estimate of drug-likeness (QED) is 0.463. The van der Waals surface area contributed by atoms with Crippen LogP contribution >= 0.6 is 0 Å². The summed E-state index contributed by atoms with van der Waals surface area (Å²) in [7, 11) is -1.57. The van der Waals surface area contributed by atoms with Gasteiger partial charge >= 0.3 is 0 Å². The average molecular weight is 424 g/mol. The molecule has 10 heteroatoms. The number of aryl methyl sites for hydroxylation is 3. The van der Waals surface area contributed by atoms with E-state index in [4.69, 9.17) is 4.98 Å². The Labute approximate surface area is 173 Å². The number of rotatable bonds is 4. The molecular weight excluding hydrogens is 402 g/mol. The van der Waals surface area contributed by atoms with Crippen LogP contribution in [0.2, 0.25) is 0 Å². The molecule has 0 bridgehead atoms. The van der Waals surface area contributed by atoms with Gasteiger partial charge in [0.15, 0.2) is 5.82 Å². The molecule has 0 unspecified atom stereocenters. The zero-order valence-electron chi connectivity index (χ0n) is 17.1. The number of hydrogen-bond donors (Lipinski definition) is 0. The van der Waals surface area contributed by atoms with E-state index in [9.17, 15) is 8.42 Å². The summed E-state index contributed by atoms with van der Waals surface area (Å²) in [4.78, 5) is 17.7. The van der Waals surface area contributed by atoms with Gasteiger partial charge in [0.25, 0.3) is 0 Å². The summed E-state index contributed by atoms with van der Waals surface area (Å²) < 4.78 is 28.1. The number of para-hydroxylation sites is 2. The van der Waals surface area contributed by atoms with Crippen LogP contribution in [0.25, 0.3) is 16.9 Å². The van der Waals surface area contributed by atoms with Crippen molar-refractivity contribution in [2.75, 3.05) is 6.26 Å². The summed E-state index contributed by atoms with van der Waals surface area (Å²) in [5.74, 6) is 2.88. The maximum Gasteiger partial charge on any atom is 0.249 e. The van der Waals surface area contributed by atoms with E-state index >= 15 is 0 Å². The van der Waals surface area contributed by atoms with Gasteiger partial charge in [0.1, 0.15) is 17.5 Å². The first-order chi connectivity index (χ1) is 14.2. The molecule has 2 atom stereocenters. The summed E-state index contributed by atoms with van der Waals surface area (Å²) in [6, 6.07) is 9.82. The van der Waals surface area contributed by atoms with Crippen LogP contribution < -0.4 is 0 Å². The van der Waals surface area contributed by atoms with Crippen molar-refractivity contribution in [2.45, 2.75) is 37.3 Å². The second-order valence-corrected chi connectivity index (χ2v) is 9.70. The fourth-order valence-corrected chi connectivity index (χ4v) is 4.47. The highest BCUT2D eigenvalue weighted by Gasteiger charge is 2.44. The molecule has 4 aromatic rings. The Morgan fingerprint density at radius 3 is 2.47 bits per heavy atom. The number of fused-ring (bicyclic) bond motifs is 1. The third-order valence-corrected chi connectivity index (χ3v) is 6.31. The molecule has 1 fully saturated rings. The molecule has 0 aliphatic heterocycles. The van der Waals surface area contributed by atoms with Crippen molar-refractivity contribution >= 4 is 20.9 Å². The standard InChI is InChI=1S/C20H21N7O2S/c1-11-21-12(2)27(25-11)18-10-16(23-20(24-18)30(4,28)29)13-9-14(13)19-22-15-7-5-6-8-17(15)26(19)3/h5-8,10,13-14H,9H2,1-4H3/t13-,14-/m0/s1. The molecule has 0 amide bonds. The van der Waals surface area contributed by atoms with E-state index in [-0.39, 0.29) is 17.0 Å². The topological polar surface area (TPSA) is 108 Å². The van der Waals surface area contributed by atoms with Gasteiger partial charge in [0.2, 0.25) is 15.0 Å². The van der Waals surface area contributed by atoms with Crippen molar-refractivity contribution in [3.8, 4) is 5.82 Å². The lowest BCUT2D eigenvalue weighted by Gasteiger charge is -2.08. The SMILES string of the molecule is Cc1nc(C)n(-c2cc([C@H]3C[C@@H]3c3nc4ccccc4n3C)nc(S(C)(=O)=O)n2)n1. The molecule has 0 N–H and O–H groups in total. The van der Waals surface area contributed by atoms with Gasteiger partial charge in [-0.25, -0.2) is 23.4 Å². The summed E-state index contributed by atoms with van der Waals surface area (Å²) in [5, 5.41) is 4.15. The molecule has 1 aliphatic carbocycles. The second kappa shape index (κ2) is 6.43. The molecule has 9 nitrogen and oxygen atoms in total. The van der Waals surface area contributed by atoms with Gasteiger partial charge in [-0.15, -0.1) is 5.10 Å². The molecule has 5 rings (SSSR count). The Morgan fingerprint density at radius 2 is 1.80 bits per heavy atom. The Kier molecular flexibility index (Phi) is 4.04. The summed E-state index contributed by atoms with van der Waals surface area (Å²) in [5.41, 5.74) is 2.71.